The second-order valence-corrected chi connectivity index (χ2v) is 6.88. The maximum absolute atomic E-state index is 12.3. The lowest BCUT2D eigenvalue weighted by Crippen LogP contribution is -2.50. The number of nitrogens with zero attached hydrogens (tertiary/aromatic N) is 5. The van der Waals surface area contributed by atoms with Crippen LogP contribution in [-0.2, 0) is 10.3 Å². The van der Waals surface area contributed by atoms with Crippen molar-refractivity contribution in [2.24, 2.45) is 0 Å². The normalized spacial score (nSPS) is 16.5. The molecule has 7 heteroatoms. The van der Waals surface area contributed by atoms with Crippen LogP contribution in [0.5, 0.6) is 0 Å². The van der Waals surface area contributed by atoms with Crippen LogP contribution in [0, 0.1) is 13.8 Å². The number of ether oxygens (including phenoxy) is 1. The van der Waals surface area contributed by atoms with Gasteiger partial charge in [0.05, 0.1) is 12.8 Å². The van der Waals surface area contributed by atoms with Crippen LogP contribution in [0.25, 0.3) is 5.69 Å². The summed E-state index contributed by atoms with van der Waals surface area (Å²) < 4.78 is 6.75. The van der Waals surface area contributed by atoms with E-state index < -0.39 is 5.54 Å². The predicted molar refractivity (Wildman–Crippen MR) is 93.6 cm³/mol. The number of aryl methyl sites for hydroxylation is 2. The van der Waals surface area contributed by atoms with Gasteiger partial charge in [-0.2, -0.15) is 4.68 Å². The maximum Gasteiger partial charge on any atom is 0.410 e. The Balaban J connectivity index is 2.12. The van der Waals surface area contributed by atoms with Crippen LogP contribution in [0.4, 0.5) is 4.79 Å². The Bertz CT molecular complexity index is 744. The summed E-state index contributed by atoms with van der Waals surface area (Å²) in [6.45, 7) is 4.11. The third-order valence-electron chi connectivity index (χ3n) is 5.11. The quantitative estimate of drug-likeness (QED) is 0.856. The molecule has 1 amide bonds. The number of rotatable bonds is 3. The van der Waals surface area contributed by atoms with Crippen molar-refractivity contribution >= 4 is 6.09 Å². The fourth-order valence-corrected chi connectivity index (χ4v) is 3.88. The lowest BCUT2D eigenvalue weighted by Gasteiger charge is -2.42. The Morgan fingerprint density at radius 3 is 2.40 bits per heavy atom. The first kappa shape index (κ1) is 17.4. The molecule has 3 rings (SSSR count). The molecule has 7 nitrogen and oxygen atoms in total. The van der Waals surface area contributed by atoms with Gasteiger partial charge in [-0.05, 0) is 60.4 Å². The van der Waals surface area contributed by atoms with Crippen molar-refractivity contribution in [1.29, 1.82) is 0 Å². The molecule has 0 spiro atoms. The topological polar surface area (TPSA) is 73.1 Å². The molecule has 1 aromatic heterocycles. The van der Waals surface area contributed by atoms with E-state index >= 15 is 0 Å². The van der Waals surface area contributed by atoms with E-state index in [1.807, 2.05) is 0 Å². The molecule has 1 heterocycles. The molecule has 0 aliphatic heterocycles. The van der Waals surface area contributed by atoms with Crippen molar-refractivity contribution in [1.82, 2.24) is 25.1 Å². The van der Waals surface area contributed by atoms with Crippen molar-refractivity contribution in [2.75, 3.05) is 14.2 Å². The number of methoxy groups -OCH3 is 1. The van der Waals surface area contributed by atoms with E-state index in [0.717, 1.165) is 48.9 Å². The first-order valence-corrected chi connectivity index (χ1v) is 8.67. The molecular weight excluding hydrogens is 318 g/mol. The Kier molecular flexibility index (Phi) is 4.74. The van der Waals surface area contributed by atoms with Gasteiger partial charge in [-0.25, -0.2) is 4.79 Å². The summed E-state index contributed by atoms with van der Waals surface area (Å²) in [6.07, 6.45) is 4.49. The van der Waals surface area contributed by atoms with Crippen LogP contribution in [-0.4, -0.2) is 45.4 Å². The SMILES string of the molecule is COC(=O)N(C)C1(c2nnnn2-c2cc(C)cc(C)c2)CCCCC1. The van der Waals surface area contributed by atoms with Crippen LogP contribution < -0.4 is 0 Å². The molecule has 0 radical (unpaired) electrons. The van der Waals surface area contributed by atoms with Gasteiger partial charge in [-0.15, -0.1) is 5.10 Å². The highest BCUT2D eigenvalue weighted by atomic mass is 16.5. The number of carbonyl (C=O) groups excluding carboxylic acids is 1. The second kappa shape index (κ2) is 6.82. The summed E-state index contributed by atoms with van der Waals surface area (Å²) in [6, 6.07) is 6.23. The monoisotopic (exact) mass is 343 g/mol. The minimum absolute atomic E-state index is 0.364. The highest BCUT2D eigenvalue weighted by molar-refractivity contribution is 5.68. The predicted octanol–water partition coefficient (Wildman–Crippen LogP) is 3.14. The molecular formula is C18H25N5O2. The van der Waals surface area contributed by atoms with E-state index in [1.165, 1.54) is 7.11 Å². The number of hydrogen-bond donors (Lipinski definition) is 0. The van der Waals surface area contributed by atoms with Gasteiger partial charge in [-0.1, -0.05) is 25.3 Å². The first-order chi connectivity index (χ1) is 12.0. The van der Waals surface area contributed by atoms with E-state index in [-0.39, 0.29) is 6.09 Å². The fraction of sp³-hybridized carbons (Fsp3) is 0.556. The summed E-state index contributed by atoms with van der Waals surface area (Å²) >= 11 is 0. The van der Waals surface area contributed by atoms with E-state index in [4.69, 9.17) is 4.74 Å². The van der Waals surface area contributed by atoms with Gasteiger partial charge in [0.2, 0.25) is 0 Å². The molecule has 1 saturated carbocycles. The summed E-state index contributed by atoms with van der Waals surface area (Å²) in [4.78, 5) is 14.0. The molecule has 1 aliphatic rings. The Morgan fingerprint density at radius 2 is 1.80 bits per heavy atom. The highest BCUT2D eigenvalue weighted by Crippen LogP contribution is 2.41. The smallest absolute Gasteiger partial charge is 0.410 e. The standard InChI is InChI=1S/C18H25N5O2/c1-13-10-14(2)12-15(11-13)23-16(19-20-21-23)18(8-6-5-7-9-18)22(3)17(24)25-4/h10-12H,5-9H2,1-4H3. The molecule has 0 bridgehead atoms. The van der Waals surface area contributed by atoms with Gasteiger partial charge in [0.15, 0.2) is 5.82 Å². The van der Waals surface area contributed by atoms with Gasteiger partial charge in [0, 0.05) is 7.05 Å². The molecule has 0 unspecified atom stereocenters. The largest absolute Gasteiger partial charge is 0.453 e. The molecule has 25 heavy (non-hydrogen) atoms. The van der Waals surface area contributed by atoms with Crippen LogP contribution in [0.3, 0.4) is 0 Å². The van der Waals surface area contributed by atoms with E-state index in [9.17, 15) is 4.79 Å². The Morgan fingerprint density at radius 1 is 1.16 bits per heavy atom. The van der Waals surface area contributed by atoms with E-state index in [1.54, 1.807) is 16.6 Å². The molecule has 0 atom stereocenters. The number of tetrazole rings is 1. The van der Waals surface area contributed by atoms with Crippen molar-refractivity contribution in [2.45, 2.75) is 51.5 Å². The molecule has 1 aliphatic carbocycles. The van der Waals surface area contributed by atoms with Crippen molar-refractivity contribution in [3.05, 3.63) is 35.2 Å². The average Bonchev–Trinajstić information content (AvgIpc) is 3.10. The van der Waals surface area contributed by atoms with Gasteiger partial charge in [-0.3, -0.25) is 4.90 Å². The summed E-state index contributed by atoms with van der Waals surface area (Å²) in [7, 11) is 3.18. The first-order valence-electron chi connectivity index (χ1n) is 8.67. The van der Waals surface area contributed by atoms with Gasteiger partial charge < -0.3 is 4.74 Å². The summed E-state index contributed by atoms with van der Waals surface area (Å²) in [5, 5.41) is 12.5. The highest BCUT2D eigenvalue weighted by Gasteiger charge is 2.45. The van der Waals surface area contributed by atoms with Gasteiger partial charge in [0.25, 0.3) is 0 Å². The van der Waals surface area contributed by atoms with Gasteiger partial charge in [0.1, 0.15) is 5.54 Å². The number of hydrogen-bond acceptors (Lipinski definition) is 5. The third-order valence-corrected chi connectivity index (χ3v) is 5.11. The number of amides is 1. The summed E-state index contributed by atoms with van der Waals surface area (Å²) in [5.41, 5.74) is 2.67. The number of carbonyl (C=O) groups is 1. The van der Waals surface area contributed by atoms with Crippen molar-refractivity contribution in [3.8, 4) is 5.69 Å². The zero-order chi connectivity index (χ0) is 18.0. The van der Waals surface area contributed by atoms with Crippen molar-refractivity contribution < 1.29 is 9.53 Å². The maximum atomic E-state index is 12.3. The molecule has 2 aromatic rings. The van der Waals surface area contributed by atoms with Crippen LogP contribution in [0.1, 0.15) is 49.1 Å². The Labute approximate surface area is 148 Å². The molecule has 1 aromatic carbocycles. The Hall–Kier alpha value is -2.44. The molecule has 134 valence electrons. The summed E-state index contributed by atoms with van der Waals surface area (Å²) in [5.74, 6) is 0.699. The number of aromatic nitrogens is 4. The minimum Gasteiger partial charge on any atom is -0.453 e. The number of benzene rings is 1. The zero-order valence-corrected chi connectivity index (χ0v) is 15.3. The van der Waals surface area contributed by atoms with E-state index in [0.29, 0.717) is 5.82 Å². The lowest BCUT2D eigenvalue weighted by atomic mass is 9.79. The molecule has 1 fully saturated rings. The van der Waals surface area contributed by atoms with E-state index in [2.05, 4.69) is 47.6 Å². The lowest BCUT2D eigenvalue weighted by molar-refractivity contribution is 0.0472. The fourth-order valence-electron chi connectivity index (χ4n) is 3.88. The second-order valence-electron chi connectivity index (χ2n) is 6.88. The van der Waals surface area contributed by atoms with Crippen LogP contribution in [0.2, 0.25) is 0 Å². The minimum atomic E-state index is -0.549. The molecule has 0 N–H and O–H groups in total. The zero-order valence-electron chi connectivity index (χ0n) is 15.3. The van der Waals surface area contributed by atoms with Crippen LogP contribution >= 0.6 is 0 Å². The molecule has 0 saturated heterocycles. The van der Waals surface area contributed by atoms with Crippen LogP contribution in [0.15, 0.2) is 18.2 Å². The average molecular weight is 343 g/mol. The van der Waals surface area contributed by atoms with Gasteiger partial charge >= 0.3 is 6.09 Å². The third kappa shape index (κ3) is 3.10. The van der Waals surface area contributed by atoms with Crippen molar-refractivity contribution in [3.63, 3.8) is 0 Å².